The second kappa shape index (κ2) is 11.7. The van der Waals surface area contributed by atoms with E-state index in [2.05, 4.69) is 20.4 Å². The number of carbonyl (C=O) groups excluding carboxylic acids is 2. The molecule has 1 aromatic heterocycles. The zero-order valence-corrected chi connectivity index (χ0v) is 23.7. The number of anilines is 2. The van der Waals surface area contributed by atoms with Gasteiger partial charge in [-0.3, -0.25) is 9.59 Å². The number of pyridine rings is 1. The standard InChI is InChI=1S/C31H30F3N5O4/c1-18-14-21-5-4-19(18)11-13-38(2)30(42)37-23-8-9-26(43-31(32,33)34)22(15-23)17-39(3)29(41)27(21)36-24-7-6-20-10-12-35-28(40)25(20)16-24/h4-10,12,14-16,27,36H,11,13,17H2,1-3H3,(H,35,40)(H,37,42). The molecular weight excluding hydrogens is 563 g/mol. The van der Waals surface area contributed by atoms with Gasteiger partial charge in [0, 0.05) is 55.7 Å². The molecule has 224 valence electrons. The zero-order valence-electron chi connectivity index (χ0n) is 23.7. The second-order valence-electron chi connectivity index (χ2n) is 10.5. The highest BCUT2D eigenvalue weighted by Crippen LogP contribution is 2.32. The molecule has 0 saturated heterocycles. The number of aromatic amines is 1. The average Bonchev–Trinajstić information content (AvgIpc) is 2.95. The van der Waals surface area contributed by atoms with Crippen LogP contribution in [0.25, 0.3) is 10.8 Å². The minimum absolute atomic E-state index is 0.0447. The Balaban J connectivity index is 1.58. The Kier molecular flexibility index (Phi) is 8.03. The number of nitrogens with one attached hydrogen (secondary N) is 3. The van der Waals surface area contributed by atoms with Gasteiger partial charge in [-0.2, -0.15) is 0 Å². The number of rotatable bonds is 3. The van der Waals surface area contributed by atoms with Crippen LogP contribution in [-0.4, -0.2) is 53.7 Å². The Hall–Kier alpha value is -5.00. The molecule has 1 unspecified atom stereocenters. The second-order valence-corrected chi connectivity index (χ2v) is 10.5. The maximum absolute atomic E-state index is 14.0. The van der Waals surface area contributed by atoms with Crippen molar-refractivity contribution in [2.45, 2.75) is 32.3 Å². The summed E-state index contributed by atoms with van der Waals surface area (Å²) in [5.41, 5.74) is 3.05. The van der Waals surface area contributed by atoms with Crippen molar-refractivity contribution in [2.75, 3.05) is 31.3 Å². The molecule has 2 aliphatic heterocycles. The van der Waals surface area contributed by atoms with E-state index in [0.717, 1.165) is 22.6 Å². The predicted octanol–water partition coefficient (Wildman–Crippen LogP) is 5.57. The highest BCUT2D eigenvalue weighted by Gasteiger charge is 2.33. The maximum Gasteiger partial charge on any atom is 0.573 e. The van der Waals surface area contributed by atoms with Gasteiger partial charge in [-0.05, 0) is 71.8 Å². The van der Waals surface area contributed by atoms with E-state index >= 15 is 0 Å². The highest BCUT2D eigenvalue weighted by molar-refractivity contribution is 5.90. The monoisotopic (exact) mass is 593 g/mol. The Bertz CT molecular complexity index is 1750. The normalized spacial score (nSPS) is 16.4. The minimum atomic E-state index is -4.96. The molecule has 4 aromatic rings. The summed E-state index contributed by atoms with van der Waals surface area (Å²) in [5.74, 6) is -0.925. The van der Waals surface area contributed by atoms with Gasteiger partial charge < -0.3 is 30.2 Å². The maximum atomic E-state index is 14.0. The number of ether oxygens (including phenoxy) is 1. The van der Waals surface area contributed by atoms with E-state index in [-0.39, 0.29) is 23.4 Å². The van der Waals surface area contributed by atoms with Gasteiger partial charge in [-0.1, -0.05) is 24.3 Å². The fourth-order valence-electron chi connectivity index (χ4n) is 5.07. The largest absolute Gasteiger partial charge is 0.573 e. The van der Waals surface area contributed by atoms with Crippen molar-refractivity contribution in [1.29, 1.82) is 0 Å². The third-order valence-electron chi connectivity index (χ3n) is 7.42. The summed E-state index contributed by atoms with van der Waals surface area (Å²) in [6.45, 7) is 2.04. The molecular formula is C31H30F3N5O4. The SMILES string of the molecule is Cc1cc2ccc1CCN(C)C(=O)Nc1ccc(OC(F)(F)F)c(c1)CN(C)C(=O)C2Nc1ccc2cc[nH]c(=O)c2c1. The lowest BCUT2D eigenvalue weighted by molar-refractivity contribution is -0.275. The predicted molar refractivity (Wildman–Crippen MR) is 157 cm³/mol. The van der Waals surface area contributed by atoms with Crippen molar-refractivity contribution in [3.63, 3.8) is 0 Å². The summed E-state index contributed by atoms with van der Waals surface area (Å²) in [7, 11) is 3.11. The lowest BCUT2D eigenvalue weighted by Crippen LogP contribution is -2.36. The summed E-state index contributed by atoms with van der Waals surface area (Å²) in [6.07, 6.45) is -2.87. The molecule has 12 heteroatoms. The molecule has 6 rings (SSSR count). The molecule has 0 saturated carbocycles. The van der Waals surface area contributed by atoms with E-state index in [0.29, 0.717) is 29.6 Å². The van der Waals surface area contributed by atoms with E-state index in [9.17, 15) is 27.6 Å². The number of likely N-dealkylation sites (N-methyl/N-ethyl adjacent to an activating group) is 2. The van der Waals surface area contributed by atoms with E-state index < -0.39 is 30.1 Å². The number of amides is 3. The van der Waals surface area contributed by atoms with Crippen molar-refractivity contribution in [2.24, 2.45) is 0 Å². The molecule has 9 nitrogen and oxygen atoms in total. The van der Waals surface area contributed by atoms with E-state index in [1.165, 1.54) is 29.0 Å². The first-order valence-corrected chi connectivity index (χ1v) is 13.5. The highest BCUT2D eigenvalue weighted by atomic mass is 19.4. The van der Waals surface area contributed by atoms with Gasteiger partial charge in [0.05, 0.1) is 0 Å². The number of nitrogens with zero attached hydrogens (tertiary/aromatic N) is 2. The van der Waals surface area contributed by atoms with Crippen LogP contribution in [0.1, 0.15) is 28.3 Å². The number of carbonyl (C=O) groups is 2. The molecule has 0 fully saturated rings. The molecule has 3 heterocycles. The number of H-pyrrole nitrogens is 1. The Morgan fingerprint density at radius 1 is 0.930 bits per heavy atom. The van der Waals surface area contributed by atoms with Gasteiger partial charge in [0.2, 0.25) is 5.91 Å². The topological polar surface area (TPSA) is 107 Å². The molecule has 0 aliphatic carbocycles. The summed E-state index contributed by atoms with van der Waals surface area (Å²) in [5, 5.41) is 7.11. The van der Waals surface area contributed by atoms with Gasteiger partial charge in [0.1, 0.15) is 11.8 Å². The number of aromatic nitrogens is 1. The first kappa shape index (κ1) is 29.5. The molecule has 0 radical (unpaired) electrons. The van der Waals surface area contributed by atoms with Gasteiger partial charge in [0.25, 0.3) is 5.56 Å². The fourth-order valence-corrected chi connectivity index (χ4v) is 5.07. The number of fused-ring (bicyclic) bond motifs is 10. The lowest BCUT2D eigenvalue weighted by atomic mass is 9.97. The number of hydrogen-bond donors (Lipinski definition) is 3. The van der Waals surface area contributed by atoms with Crippen molar-refractivity contribution in [3.8, 4) is 5.75 Å². The van der Waals surface area contributed by atoms with Crippen LogP contribution in [0.15, 0.2) is 71.7 Å². The van der Waals surface area contributed by atoms with Crippen LogP contribution in [0.4, 0.5) is 29.3 Å². The molecule has 0 spiro atoms. The van der Waals surface area contributed by atoms with Crippen LogP contribution >= 0.6 is 0 Å². The van der Waals surface area contributed by atoms with Crippen LogP contribution in [0.2, 0.25) is 0 Å². The van der Waals surface area contributed by atoms with Crippen molar-refractivity contribution in [3.05, 3.63) is 99.5 Å². The van der Waals surface area contributed by atoms with Gasteiger partial charge in [-0.15, -0.1) is 13.2 Å². The molecule has 4 bridgehead atoms. The van der Waals surface area contributed by atoms with Crippen molar-refractivity contribution >= 4 is 34.1 Å². The lowest BCUT2D eigenvalue weighted by Gasteiger charge is -2.28. The Morgan fingerprint density at radius 2 is 1.72 bits per heavy atom. The Labute approximate surface area is 245 Å². The number of aryl methyl sites for hydroxylation is 1. The number of hydrogen-bond acceptors (Lipinski definition) is 5. The van der Waals surface area contributed by atoms with E-state index in [1.807, 2.05) is 25.1 Å². The fraction of sp³-hybridized carbons (Fsp3) is 0.258. The summed E-state index contributed by atoms with van der Waals surface area (Å²) >= 11 is 0. The minimum Gasteiger partial charge on any atom is -0.405 e. The zero-order chi connectivity index (χ0) is 30.9. The van der Waals surface area contributed by atoms with Crippen LogP contribution in [0.5, 0.6) is 5.75 Å². The van der Waals surface area contributed by atoms with Gasteiger partial charge in [-0.25, -0.2) is 4.79 Å². The third-order valence-corrected chi connectivity index (χ3v) is 7.42. The first-order valence-electron chi connectivity index (χ1n) is 13.5. The van der Waals surface area contributed by atoms with E-state index in [4.69, 9.17) is 0 Å². The Morgan fingerprint density at radius 3 is 2.47 bits per heavy atom. The number of halogens is 3. The van der Waals surface area contributed by atoms with Gasteiger partial charge in [0.15, 0.2) is 0 Å². The molecule has 43 heavy (non-hydrogen) atoms. The molecule has 3 amide bonds. The van der Waals surface area contributed by atoms with Crippen molar-refractivity contribution in [1.82, 2.24) is 14.8 Å². The summed E-state index contributed by atoms with van der Waals surface area (Å²) in [4.78, 5) is 44.7. The third kappa shape index (κ3) is 6.74. The number of alkyl halides is 3. The van der Waals surface area contributed by atoms with Crippen LogP contribution in [-0.2, 0) is 17.8 Å². The van der Waals surface area contributed by atoms with Gasteiger partial charge >= 0.3 is 12.4 Å². The quantitative estimate of drug-likeness (QED) is 0.288. The summed E-state index contributed by atoms with van der Waals surface area (Å²) < 4.78 is 44.0. The number of urea groups is 1. The first-order chi connectivity index (χ1) is 20.4. The smallest absolute Gasteiger partial charge is 0.405 e. The van der Waals surface area contributed by atoms with Crippen LogP contribution in [0, 0.1) is 6.92 Å². The molecule has 3 aromatic carbocycles. The molecule has 1 atom stereocenters. The molecule has 3 N–H and O–H groups in total. The van der Waals surface area contributed by atoms with E-state index in [1.54, 1.807) is 37.5 Å². The average molecular weight is 594 g/mol. The molecule has 2 aliphatic rings. The summed E-state index contributed by atoms with van der Waals surface area (Å²) in [6, 6.07) is 14.9. The number of benzene rings is 3. The van der Waals surface area contributed by atoms with Crippen LogP contribution in [0.3, 0.4) is 0 Å². The van der Waals surface area contributed by atoms with Crippen molar-refractivity contribution < 1.29 is 27.5 Å². The van der Waals surface area contributed by atoms with Crippen LogP contribution < -0.4 is 20.9 Å².